The summed E-state index contributed by atoms with van der Waals surface area (Å²) in [4.78, 5) is 3.74. The maximum Gasteiger partial charge on any atom is 0.259 e. The molecule has 0 aromatic carbocycles. The molecule has 4 nitrogen and oxygen atoms in total. The maximum absolute atomic E-state index is 11.5. The summed E-state index contributed by atoms with van der Waals surface area (Å²) in [5.41, 5.74) is 1.03. The lowest BCUT2D eigenvalue weighted by atomic mass is 10.1. The van der Waals surface area contributed by atoms with Gasteiger partial charge in [-0.05, 0) is 20.8 Å². The van der Waals surface area contributed by atoms with Crippen LogP contribution in [-0.2, 0) is 10.0 Å². The second kappa shape index (κ2) is 3.36. The molecule has 0 spiro atoms. The van der Waals surface area contributed by atoms with Crippen molar-refractivity contribution < 1.29 is 8.42 Å². The topological polar surface area (TPSA) is 59.1 Å². The minimum atomic E-state index is -3.43. The molecule has 0 saturated carbocycles. The van der Waals surface area contributed by atoms with Crippen LogP contribution in [0.4, 0.5) is 0 Å². The van der Waals surface area contributed by atoms with Crippen LogP contribution in [0, 0.1) is 0 Å². The lowest BCUT2D eigenvalue weighted by molar-refractivity contribution is 0.490. The number of thiazole rings is 1. The summed E-state index contributed by atoms with van der Waals surface area (Å²) >= 11 is 1.26. The molecule has 0 unspecified atom stereocenters. The third-order valence-corrected chi connectivity index (χ3v) is 3.52. The highest BCUT2D eigenvalue weighted by Gasteiger charge is 2.23. The molecule has 6 heteroatoms. The zero-order chi connectivity index (χ0) is 10.1. The molecule has 0 aliphatic heterocycles. The van der Waals surface area contributed by atoms with E-state index in [1.54, 1.807) is 20.8 Å². The molecule has 0 bridgehead atoms. The van der Waals surface area contributed by atoms with E-state index in [2.05, 4.69) is 9.71 Å². The Kier molecular flexibility index (Phi) is 2.74. The molecular weight excluding hydrogens is 208 g/mol. The second-order valence-corrected chi connectivity index (χ2v) is 6.03. The average molecular weight is 220 g/mol. The molecule has 0 aliphatic rings. The van der Waals surface area contributed by atoms with Crippen LogP contribution in [-0.4, -0.2) is 18.9 Å². The van der Waals surface area contributed by atoms with Crippen molar-refractivity contribution in [3.63, 3.8) is 0 Å². The molecule has 13 heavy (non-hydrogen) atoms. The van der Waals surface area contributed by atoms with E-state index in [4.69, 9.17) is 0 Å². The van der Waals surface area contributed by atoms with Crippen molar-refractivity contribution in [3.8, 4) is 0 Å². The van der Waals surface area contributed by atoms with Crippen LogP contribution in [0.2, 0.25) is 0 Å². The molecular formula is C7H12N2O2S2. The highest BCUT2D eigenvalue weighted by molar-refractivity contribution is 7.89. The number of rotatable bonds is 2. The number of aromatic nitrogens is 1. The summed E-state index contributed by atoms with van der Waals surface area (Å²) in [5, 5.41) is 1.60. The summed E-state index contributed by atoms with van der Waals surface area (Å²) in [7, 11) is -3.43. The maximum atomic E-state index is 11.5. The number of sulfonamides is 1. The van der Waals surface area contributed by atoms with Crippen molar-refractivity contribution in [2.24, 2.45) is 0 Å². The number of hydrogen-bond donors (Lipinski definition) is 1. The lowest BCUT2D eigenvalue weighted by Crippen LogP contribution is -2.40. The van der Waals surface area contributed by atoms with Crippen LogP contribution in [0.25, 0.3) is 0 Å². The van der Waals surface area contributed by atoms with Crippen LogP contribution < -0.4 is 4.72 Å². The molecule has 1 N–H and O–H groups in total. The first-order valence-corrected chi connectivity index (χ1v) is 6.16. The summed E-state index contributed by atoms with van der Waals surface area (Å²) < 4.78 is 25.6. The Hall–Kier alpha value is -0.460. The molecule has 0 aliphatic carbocycles. The summed E-state index contributed by atoms with van der Waals surface area (Å²) in [5.74, 6) is 0. The van der Waals surface area contributed by atoms with Gasteiger partial charge in [0, 0.05) is 10.9 Å². The first kappa shape index (κ1) is 10.6. The van der Waals surface area contributed by atoms with E-state index in [1.807, 2.05) is 0 Å². The Morgan fingerprint density at radius 2 is 2.08 bits per heavy atom. The van der Waals surface area contributed by atoms with E-state index in [1.165, 1.54) is 22.2 Å². The Bertz CT molecular complexity index is 362. The van der Waals surface area contributed by atoms with Gasteiger partial charge in [0.2, 0.25) is 0 Å². The number of hydrogen-bond acceptors (Lipinski definition) is 4. The van der Waals surface area contributed by atoms with Crippen molar-refractivity contribution >= 4 is 21.4 Å². The van der Waals surface area contributed by atoms with E-state index < -0.39 is 15.6 Å². The van der Waals surface area contributed by atoms with E-state index in [0.717, 1.165) is 0 Å². The van der Waals surface area contributed by atoms with E-state index >= 15 is 0 Å². The second-order valence-electron chi connectivity index (χ2n) is 3.68. The number of nitrogens with one attached hydrogen (secondary N) is 1. The van der Waals surface area contributed by atoms with Crippen LogP contribution in [0.15, 0.2) is 15.9 Å². The quantitative estimate of drug-likeness (QED) is 0.815. The standard InChI is InChI=1S/C7H12N2O2S2/c1-7(2,3)9-13(10,11)6-4-12-5-8-6/h4-5,9H,1-3H3. The summed E-state index contributed by atoms with van der Waals surface area (Å²) in [6.45, 7) is 5.37. The van der Waals surface area contributed by atoms with Gasteiger partial charge in [0.25, 0.3) is 10.0 Å². The highest BCUT2D eigenvalue weighted by Crippen LogP contribution is 2.11. The summed E-state index contributed by atoms with van der Waals surface area (Å²) in [6.07, 6.45) is 0. The Labute approximate surface area is 82.1 Å². The molecule has 0 radical (unpaired) electrons. The first-order valence-electron chi connectivity index (χ1n) is 3.73. The average Bonchev–Trinajstić information content (AvgIpc) is 2.29. The normalized spacial score (nSPS) is 13.2. The minimum Gasteiger partial charge on any atom is -0.232 e. The molecule has 0 atom stereocenters. The van der Waals surface area contributed by atoms with Crippen molar-refractivity contribution in [2.45, 2.75) is 31.3 Å². The predicted octanol–water partition coefficient (Wildman–Crippen LogP) is 1.22. The van der Waals surface area contributed by atoms with Crippen LogP contribution in [0.5, 0.6) is 0 Å². The number of nitrogens with zero attached hydrogens (tertiary/aromatic N) is 1. The fourth-order valence-electron chi connectivity index (χ4n) is 0.790. The van der Waals surface area contributed by atoms with Gasteiger partial charge in [-0.15, -0.1) is 11.3 Å². The van der Waals surface area contributed by atoms with Crippen LogP contribution in [0.3, 0.4) is 0 Å². The largest absolute Gasteiger partial charge is 0.259 e. The van der Waals surface area contributed by atoms with Crippen molar-refractivity contribution in [1.29, 1.82) is 0 Å². The fraction of sp³-hybridized carbons (Fsp3) is 0.571. The molecule has 0 fully saturated rings. The Morgan fingerprint density at radius 3 is 2.46 bits per heavy atom. The molecule has 1 aromatic heterocycles. The van der Waals surface area contributed by atoms with E-state index in [9.17, 15) is 8.42 Å². The third kappa shape index (κ3) is 3.06. The van der Waals surface area contributed by atoms with E-state index in [-0.39, 0.29) is 5.03 Å². The van der Waals surface area contributed by atoms with Gasteiger partial charge >= 0.3 is 0 Å². The van der Waals surface area contributed by atoms with Crippen LogP contribution in [0.1, 0.15) is 20.8 Å². The predicted molar refractivity (Wildman–Crippen MR) is 52.2 cm³/mol. The highest BCUT2D eigenvalue weighted by atomic mass is 32.2. The molecule has 1 heterocycles. The zero-order valence-electron chi connectivity index (χ0n) is 7.73. The van der Waals surface area contributed by atoms with Crippen molar-refractivity contribution in [1.82, 2.24) is 9.71 Å². The van der Waals surface area contributed by atoms with Gasteiger partial charge < -0.3 is 0 Å². The van der Waals surface area contributed by atoms with Crippen molar-refractivity contribution in [2.75, 3.05) is 0 Å². The molecule has 0 saturated heterocycles. The van der Waals surface area contributed by atoms with Crippen molar-refractivity contribution in [3.05, 3.63) is 10.9 Å². The molecule has 1 aromatic rings. The molecule has 74 valence electrons. The van der Waals surface area contributed by atoms with Gasteiger partial charge in [-0.2, -0.15) is 0 Å². The van der Waals surface area contributed by atoms with Gasteiger partial charge in [-0.1, -0.05) is 0 Å². The minimum absolute atomic E-state index is 0.0902. The third-order valence-electron chi connectivity index (χ3n) is 1.13. The fourth-order valence-corrected chi connectivity index (χ4v) is 3.04. The SMILES string of the molecule is CC(C)(C)NS(=O)(=O)c1cscn1. The van der Waals surface area contributed by atoms with Gasteiger partial charge in [-0.3, -0.25) is 0 Å². The Balaban J connectivity index is 2.93. The molecule has 0 amide bonds. The van der Waals surface area contributed by atoms with E-state index in [0.29, 0.717) is 0 Å². The smallest absolute Gasteiger partial charge is 0.232 e. The lowest BCUT2D eigenvalue weighted by Gasteiger charge is -2.19. The van der Waals surface area contributed by atoms with Crippen LogP contribution >= 0.6 is 11.3 Å². The zero-order valence-corrected chi connectivity index (χ0v) is 9.37. The monoisotopic (exact) mass is 220 g/mol. The van der Waals surface area contributed by atoms with Gasteiger partial charge in [-0.25, -0.2) is 18.1 Å². The van der Waals surface area contributed by atoms with Gasteiger partial charge in [0.15, 0.2) is 5.03 Å². The summed E-state index contributed by atoms with van der Waals surface area (Å²) in [6, 6.07) is 0. The molecule has 1 rings (SSSR count). The Morgan fingerprint density at radius 1 is 1.46 bits per heavy atom. The first-order chi connectivity index (χ1) is 5.81. The van der Waals surface area contributed by atoms with Gasteiger partial charge in [0.1, 0.15) is 0 Å². The van der Waals surface area contributed by atoms with Gasteiger partial charge in [0.05, 0.1) is 5.51 Å².